The molecule has 1 unspecified atom stereocenters. The zero-order valence-corrected chi connectivity index (χ0v) is 21.6. The number of carbonyl (C=O) groups is 2. The molecule has 1 aliphatic rings. The van der Waals surface area contributed by atoms with E-state index in [1.165, 1.54) is 19.1 Å². The van der Waals surface area contributed by atoms with Crippen LogP contribution in [0.2, 0.25) is 0 Å². The molecule has 1 fully saturated rings. The van der Waals surface area contributed by atoms with Crippen LogP contribution in [-0.4, -0.2) is 37.6 Å². The monoisotopic (exact) mass is 501 g/mol. The summed E-state index contributed by atoms with van der Waals surface area (Å²) in [6.07, 6.45) is 0. The molecule has 0 saturated carbocycles. The van der Waals surface area contributed by atoms with E-state index in [2.05, 4.69) is 13.8 Å². The van der Waals surface area contributed by atoms with Gasteiger partial charge in [0.25, 0.3) is 11.7 Å². The van der Waals surface area contributed by atoms with Crippen molar-refractivity contribution in [3.8, 4) is 17.2 Å². The molecular formula is C30H31NO6. The SMILES string of the molecule is CCOc1cccc(/C(O)=C2/C(=O)C(=O)N(c3ccc(C(C)C)cc3)C2c2ccc(OC)c(OC)c2)c1. The number of hydrogen-bond acceptors (Lipinski definition) is 6. The molecule has 0 radical (unpaired) electrons. The maximum absolute atomic E-state index is 13.5. The van der Waals surface area contributed by atoms with Gasteiger partial charge >= 0.3 is 0 Å². The minimum Gasteiger partial charge on any atom is -0.507 e. The van der Waals surface area contributed by atoms with Gasteiger partial charge in [0, 0.05) is 11.3 Å². The van der Waals surface area contributed by atoms with Gasteiger partial charge in [-0.05, 0) is 60.4 Å². The predicted octanol–water partition coefficient (Wildman–Crippen LogP) is 5.85. The lowest BCUT2D eigenvalue weighted by Crippen LogP contribution is -2.29. The zero-order chi connectivity index (χ0) is 26.7. The summed E-state index contributed by atoms with van der Waals surface area (Å²) < 4.78 is 16.4. The Labute approximate surface area is 216 Å². The Kier molecular flexibility index (Phi) is 7.53. The van der Waals surface area contributed by atoms with Crippen molar-refractivity contribution in [3.63, 3.8) is 0 Å². The fourth-order valence-electron chi connectivity index (χ4n) is 4.51. The van der Waals surface area contributed by atoms with E-state index in [-0.39, 0.29) is 11.3 Å². The number of ketones is 1. The van der Waals surface area contributed by atoms with Crippen molar-refractivity contribution < 1.29 is 28.9 Å². The highest BCUT2D eigenvalue weighted by Gasteiger charge is 2.47. The zero-order valence-electron chi connectivity index (χ0n) is 21.6. The van der Waals surface area contributed by atoms with Gasteiger partial charge in [-0.25, -0.2) is 0 Å². The number of anilines is 1. The van der Waals surface area contributed by atoms with Gasteiger partial charge in [0.05, 0.1) is 32.4 Å². The van der Waals surface area contributed by atoms with Crippen LogP contribution in [0.3, 0.4) is 0 Å². The number of carbonyl (C=O) groups excluding carboxylic acids is 2. The Balaban J connectivity index is 1.93. The fourth-order valence-corrected chi connectivity index (χ4v) is 4.51. The molecule has 7 nitrogen and oxygen atoms in total. The maximum Gasteiger partial charge on any atom is 0.300 e. The third-order valence-corrected chi connectivity index (χ3v) is 6.42. The van der Waals surface area contributed by atoms with Crippen LogP contribution >= 0.6 is 0 Å². The number of hydrogen-bond donors (Lipinski definition) is 1. The number of Topliss-reactive ketones (excluding diaryl/α,β-unsaturated/α-hetero) is 1. The molecule has 3 aromatic rings. The molecule has 192 valence electrons. The maximum atomic E-state index is 13.5. The van der Waals surface area contributed by atoms with Gasteiger partial charge in [-0.15, -0.1) is 0 Å². The number of aliphatic hydroxyl groups is 1. The highest BCUT2D eigenvalue weighted by atomic mass is 16.5. The van der Waals surface area contributed by atoms with E-state index in [1.807, 2.05) is 31.2 Å². The van der Waals surface area contributed by atoms with Crippen molar-refractivity contribution in [2.75, 3.05) is 25.7 Å². The fraction of sp³-hybridized carbons (Fsp3) is 0.267. The molecule has 1 amide bonds. The number of rotatable bonds is 8. The highest BCUT2D eigenvalue weighted by molar-refractivity contribution is 6.51. The summed E-state index contributed by atoms with van der Waals surface area (Å²) in [5.74, 6) is 0.0389. The van der Waals surface area contributed by atoms with E-state index in [4.69, 9.17) is 14.2 Å². The number of ether oxygens (including phenoxy) is 3. The van der Waals surface area contributed by atoms with Gasteiger partial charge in [0.2, 0.25) is 0 Å². The Morgan fingerprint density at radius 1 is 0.946 bits per heavy atom. The summed E-state index contributed by atoms with van der Waals surface area (Å²) >= 11 is 0. The second kappa shape index (κ2) is 10.8. The van der Waals surface area contributed by atoms with Crippen molar-refractivity contribution in [3.05, 3.63) is 89.0 Å². The standard InChI is InChI=1S/C30H31NO6/c1-6-37-23-9-7-8-21(16-23)28(32)26-27(20-12-15-24(35-4)25(17-20)36-5)31(30(34)29(26)33)22-13-10-19(11-14-22)18(2)3/h7-18,27,32H,6H2,1-5H3/b28-26-. The lowest BCUT2D eigenvalue weighted by atomic mass is 9.94. The Morgan fingerprint density at radius 3 is 2.27 bits per heavy atom. The lowest BCUT2D eigenvalue weighted by molar-refractivity contribution is -0.132. The molecule has 1 atom stereocenters. The van der Waals surface area contributed by atoms with E-state index in [9.17, 15) is 14.7 Å². The third-order valence-electron chi connectivity index (χ3n) is 6.42. The second-order valence-corrected chi connectivity index (χ2v) is 8.99. The van der Waals surface area contributed by atoms with Gasteiger partial charge in [-0.1, -0.05) is 44.2 Å². The first-order valence-electron chi connectivity index (χ1n) is 12.2. The van der Waals surface area contributed by atoms with E-state index < -0.39 is 17.7 Å². The van der Waals surface area contributed by atoms with Gasteiger partial charge < -0.3 is 19.3 Å². The third kappa shape index (κ3) is 4.89. The van der Waals surface area contributed by atoms with Gasteiger partial charge in [-0.3, -0.25) is 14.5 Å². The first kappa shape index (κ1) is 25.8. The minimum atomic E-state index is -0.888. The molecule has 1 saturated heterocycles. The summed E-state index contributed by atoms with van der Waals surface area (Å²) in [5.41, 5.74) is 2.61. The lowest BCUT2D eigenvalue weighted by Gasteiger charge is -2.26. The normalized spacial score (nSPS) is 16.8. The molecule has 0 aliphatic carbocycles. The van der Waals surface area contributed by atoms with E-state index in [0.29, 0.717) is 46.6 Å². The van der Waals surface area contributed by atoms with Crippen LogP contribution in [0.1, 0.15) is 49.4 Å². The molecule has 1 aliphatic heterocycles. The summed E-state index contributed by atoms with van der Waals surface area (Å²) in [4.78, 5) is 28.3. The van der Waals surface area contributed by atoms with Crippen LogP contribution in [0.4, 0.5) is 5.69 Å². The second-order valence-electron chi connectivity index (χ2n) is 8.99. The van der Waals surface area contributed by atoms with Crippen molar-refractivity contribution in [2.24, 2.45) is 0 Å². The average molecular weight is 502 g/mol. The van der Waals surface area contributed by atoms with Crippen LogP contribution < -0.4 is 19.1 Å². The van der Waals surface area contributed by atoms with Gasteiger partial charge in [0.15, 0.2) is 11.5 Å². The quantitative estimate of drug-likeness (QED) is 0.237. The van der Waals surface area contributed by atoms with Crippen LogP contribution in [0.15, 0.2) is 72.3 Å². The number of nitrogens with zero attached hydrogens (tertiary/aromatic N) is 1. The van der Waals surface area contributed by atoms with Crippen molar-refractivity contribution in [1.82, 2.24) is 0 Å². The Bertz CT molecular complexity index is 1340. The Hall–Kier alpha value is -4.26. The minimum absolute atomic E-state index is 0.0150. The molecule has 4 rings (SSSR count). The van der Waals surface area contributed by atoms with Crippen LogP contribution in [0.5, 0.6) is 17.2 Å². The number of amides is 1. The van der Waals surface area contributed by atoms with Crippen molar-refractivity contribution in [1.29, 1.82) is 0 Å². The molecule has 1 heterocycles. The molecule has 7 heteroatoms. The number of methoxy groups -OCH3 is 2. The number of benzene rings is 3. The first-order chi connectivity index (χ1) is 17.8. The molecule has 0 bridgehead atoms. The van der Waals surface area contributed by atoms with Crippen LogP contribution in [-0.2, 0) is 9.59 Å². The first-order valence-corrected chi connectivity index (χ1v) is 12.2. The topological polar surface area (TPSA) is 85.3 Å². The molecule has 3 aromatic carbocycles. The van der Waals surface area contributed by atoms with E-state index >= 15 is 0 Å². The van der Waals surface area contributed by atoms with E-state index in [0.717, 1.165) is 5.56 Å². The van der Waals surface area contributed by atoms with Crippen LogP contribution in [0, 0.1) is 0 Å². The summed E-state index contributed by atoms with van der Waals surface area (Å²) in [7, 11) is 3.05. The van der Waals surface area contributed by atoms with Crippen molar-refractivity contribution in [2.45, 2.75) is 32.7 Å². The smallest absolute Gasteiger partial charge is 0.300 e. The van der Waals surface area contributed by atoms with Gasteiger partial charge in [-0.2, -0.15) is 0 Å². The molecule has 1 N–H and O–H groups in total. The summed E-state index contributed by atoms with van der Waals surface area (Å²) in [5, 5.41) is 11.4. The number of aliphatic hydroxyl groups excluding tert-OH is 1. The van der Waals surface area contributed by atoms with Crippen molar-refractivity contribution >= 4 is 23.1 Å². The highest BCUT2D eigenvalue weighted by Crippen LogP contribution is 2.44. The molecule has 37 heavy (non-hydrogen) atoms. The summed E-state index contributed by atoms with van der Waals surface area (Å²) in [6.45, 7) is 6.48. The van der Waals surface area contributed by atoms with Crippen LogP contribution in [0.25, 0.3) is 5.76 Å². The largest absolute Gasteiger partial charge is 0.507 e. The summed E-state index contributed by atoms with van der Waals surface area (Å²) in [6, 6.07) is 18.6. The molecular weight excluding hydrogens is 470 g/mol. The van der Waals surface area contributed by atoms with Gasteiger partial charge in [0.1, 0.15) is 11.5 Å². The predicted molar refractivity (Wildman–Crippen MR) is 142 cm³/mol. The Morgan fingerprint density at radius 2 is 1.65 bits per heavy atom. The molecule has 0 spiro atoms. The average Bonchev–Trinajstić information content (AvgIpc) is 3.18. The molecule has 0 aromatic heterocycles. The van der Waals surface area contributed by atoms with E-state index in [1.54, 1.807) is 42.5 Å².